The normalized spacial score (nSPS) is 13.5. The summed E-state index contributed by atoms with van der Waals surface area (Å²) in [6.07, 6.45) is 0. The Balaban J connectivity index is 3.24. The molecule has 122 valence electrons. The van der Waals surface area contributed by atoms with E-state index in [4.69, 9.17) is 4.74 Å². The van der Waals surface area contributed by atoms with Crippen LogP contribution in [0.5, 0.6) is 0 Å². The Bertz CT molecular complexity index is 673. The molecular formula is C16H18N2O5. The zero-order valence-corrected chi connectivity index (χ0v) is 13.5. The molecule has 0 aliphatic carbocycles. The van der Waals surface area contributed by atoms with Crippen molar-refractivity contribution in [3.63, 3.8) is 0 Å². The number of nitro groups is 1. The summed E-state index contributed by atoms with van der Waals surface area (Å²) in [4.78, 5) is 35.0. The first kappa shape index (κ1) is 18.3. The van der Waals surface area contributed by atoms with Gasteiger partial charge in [0.1, 0.15) is 0 Å². The number of ketones is 1. The molecule has 23 heavy (non-hydrogen) atoms. The lowest BCUT2D eigenvalue weighted by molar-refractivity contribution is -0.384. The number of esters is 1. The maximum absolute atomic E-state index is 12.7. The van der Waals surface area contributed by atoms with Gasteiger partial charge in [0, 0.05) is 17.7 Å². The molecule has 1 atom stereocenters. The molecule has 1 rings (SSSR count). The topological polar surface area (TPSA) is 110 Å². The van der Waals surface area contributed by atoms with Crippen molar-refractivity contribution in [3.05, 3.63) is 39.9 Å². The summed E-state index contributed by atoms with van der Waals surface area (Å²) in [5.41, 5.74) is -3.01. The number of non-ortho nitro benzene ring substituents is 1. The highest BCUT2D eigenvalue weighted by atomic mass is 16.6. The Labute approximate surface area is 134 Å². The van der Waals surface area contributed by atoms with Crippen LogP contribution >= 0.6 is 0 Å². The molecule has 0 N–H and O–H groups in total. The second kappa shape index (κ2) is 6.57. The van der Waals surface area contributed by atoms with Crippen molar-refractivity contribution in [2.75, 3.05) is 6.61 Å². The fraction of sp³-hybridized carbons (Fsp3) is 0.438. The van der Waals surface area contributed by atoms with Gasteiger partial charge in [-0.15, -0.1) is 0 Å². The molecule has 1 aromatic rings. The third kappa shape index (κ3) is 3.21. The number of nitro benzene ring substituents is 1. The second-order valence-electron chi connectivity index (χ2n) is 5.72. The number of Topliss-reactive ketones (excluding diaryl/α,β-unsaturated/α-hetero) is 1. The van der Waals surface area contributed by atoms with Crippen LogP contribution < -0.4 is 0 Å². The molecule has 0 amide bonds. The number of nitriles is 1. The van der Waals surface area contributed by atoms with Crippen LogP contribution in [0.1, 0.15) is 38.1 Å². The second-order valence-corrected chi connectivity index (χ2v) is 5.72. The van der Waals surface area contributed by atoms with Gasteiger partial charge in [0.2, 0.25) is 0 Å². The fourth-order valence-electron chi connectivity index (χ4n) is 2.04. The predicted molar refractivity (Wildman–Crippen MR) is 81.6 cm³/mol. The number of carbonyl (C=O) groups is 2. The summed E-state index contributed by atoms with van der Waals surface area (Å²) < 4.78 is 4.92. The summed E-state index contributed by atoms with van der Waals surface area (Å²) >= 11 is 0. The standard InChI is InChI=1S/C16H18N2O5/c1-5-23-14(20)16(4,10-17)15(2,3)13(19)11-6-8-12(9-7-11)18(21)22/h6-9H,5H2,1-4H3. The van der Waals surface area contributed by atoms with E-state index in [-0.39, 0.29) is 17.9 Å². The molecular weight excluding hydrogens is 300 g/mol. The van der Waals surface area contributed by atoms with Gasteiger partial charge >= 0.3 is 5.97 Å². The Morgan fingerprint density at radius 2 is 1.78 bits per heavy atom. The van der Waals surface area contributed by atoms with Gasteiger partial charge in [0.15, 0.2) is 11.2 Å². The third-order valence-electron chi connectivity index (χ3n) is 4.07. The van der Waals surface area contributed by atoms with Crippen LogP contribution in [0.2, 0.25) is 0 Å². The number of hydrogen-bond acceptors (Lipinski definition) is 6. The molecule has 0 aromatic heterocycles. The van der Waals surface area contributed by atoms with Crippen LogP contribution in [0, 0.1) is 32.3 Å². The van der Waals surface area contributed by atoms with Crippen molar-refractivity contribution < 1.29 is 19.2 Å². The lowest BCUT2D eigenvalue weighted by atomic mass is 9.64. The maximum Gasteiger partial charge on any atom is 0.327 e. The minimum absolute atomic E-state index is 0.0951. The molecule has 0 aliphatic heterocycles. The molecule has 0 aliphatic rings. The van der Waals surface area contributed by atoms with Crippen LogP contribution in [0.3, 0.4) is 0 Å². The lowest BCUT2D eigenvalue weighted by Crippen LogP contribution is -2.47. The average molecular weight is 318 g/mol. The molecule has 0 saturated heterocycles. The fourth-order valence-corrected chi connectivity index (χ4v) is 2.04. The minimum atomic E-state index is -1.68. The first-order valence-electron chi connectivity index (χ1n) is 6.99. The molecule has 0 radical (unpaired) electrons. The molecule has 0 heterocycles. The van der Waals surface area contributed by atoms with Crippen LogP contribution in [0.15, 0.2) is 24.3 Å². The van der Waals surface area contributed by atoms with E-state index in [9.17, 15) is 25.0 Å². The van der Waals surface area contributed by atoms with E-state index in [1.807, 2.05) is 6.07 Å². The summed E-state index contributed by atoms with van der Waals surface area (Å²) in [6.45, 7) is 6.03. The van der Waals surface area contributed by atoms with Gasteiger partial charge in [-0.3, -0.25) is 19.7 Å². The predicted octanol–water partition coefficient (Wildman–Crippen LogP) is 2.90. The van der Waals surface area contributed by atoms with E-state index in [2.05, 4.69) is 0 Å². The average Bonchev–Trinajstić information content (AvgIpc) is 2.53. The van der Waals surface area contributed by atoms with Gasteiger partial charge in [-0.2, -0.15) is 5.26 Å². The lowest BCUT2D eigenvalue weighted by Gasteiger charge is -2.35. The van der Waals surface area contributed by atoms with Crippen molar-refractivity contribution in [2.45, 2.75) is 27.7 Å². The summed E-state index contributed by atoms with van der Waals surface area (Å²) in [5, 5.41) is 20.1. The largest absolute Gasteiger partial charge is 0.465 e. The molecule has 1 unspecified atom stereocenters. The Morgan fingerprint density at radius 3 is 2.17 bits per heavy atom. The Kier molecular flexibility index (Phi) is 5.22. The summed E-state index contributed by atoms with van der Waals surface area (Å²) in [6, 6.07) is 6.91. The SMILES string of the molecule is CCOC(=O)C(C)(C#N)C(C)(C)C(=O)c1ccc([N+](=O)[O-])cc1. The highest BCUT2D eigenvalue weighted by Crippen LogP contribution is 2.42. The van der Waals surface area contributed by atoms with Gasteiger partial charge < -0.3 is 4.74 Å². The van der Waals surface area contributed by atoms with Crippen molar-refractivity contribution >= 4 is 17.4 Å². The number of benzene rings is 1. The van der Waals surface area contributed by atoms with E-state index in [1.54, 1.807) is 6.92 Å². The van der Waals surface area contributed by atoms with Gasteiger partial charge in [0.05, 0.1) is 23.0 Å². The van der Waals surface area contributed by atoms with E-state index in [0.29, 0.717) is 0 Å². The first-order valence-corrected chi connectivity index (χ1v) is 6.99. The third-order valence-corrected chi connectivity index (χ3v) is 4.07. The zero-order chi connectivity index (χ0) is 17.8. The van der Waals surface area contributed by atoms with E-state index in [1.165, 1.54) is 45.0 Å². The molecule has 0 bridgehead atoms. The Morgan fingerprint density at radius 1 is 1.26 bits per heavy atom. The van der Waals surface area contributed by atoms with Gasteiger partial charge in [-0.1, -0.05) is 13.8 Å². The minimum Gasteiger partial charge on any atom is -0.465 e. The zero-order valence-electron chi connectivity index (χ0n) is 13.5. The first-order chi connectivity index (χ1) is 10.6. The molecule has 7 nitrogen and oxygen atoms in total. The quantitative estimate of drug-likeness (QED) is 0.345. The summed E-state index contributed by atoms with van der Waals surface area (Å²) in [5.74, 6) is -1.24. The van der Waals surface area contributed by atoms with Gasteiger partial charge in [0.25, 0.3) is 5.69 Å². The summed E-state index contributed by atoms with van der Waals surface area (Å²) in [7, 11) is 0. The van der Waals surface area contributed by atoms with E-state index < -0.39 is 27.5 Å². The van der Waals surface area contributed by atoms with Crippen LogP contribution in [0.25, 0.3) is 0 Å². The van der Waals surface area contributed by atoms with E-state index >= 15 is 0 Å². The number of hydrogen-bond donors (Lipinski definition) is 0. The highest BCUT2D eigenvalue weighted by Gasteiger charge is 2.53. The molecule has 0 saturated carbocycles. The van der Waals surface area contributed by atoms with Crippen molar-refractivity contribution in [2.24, 2.45) is 10.8 Å². The molecule has 1 aromatic carbocycles. The van der Waals surface area contributed by atoms with Crippen molar-refractivity contribution in [3.8, 4) is 6.07 Å². The van der Waals surface area contributed by atoms with Gasteiger partial charge in [-0.25, -0.2) is 0 Å². The molecule has 0 spiro atoms. The monoisotopic (exact) mass is 318 g/mol. The van der Waals surface area contributed by atoms with Gasteiger partial charge in [-0.05, 0) is 26.0 Å². The highest BCUT2D eigenvalue weighted by molar-refractivity contribution is 6.04. The molecule has 7 heteroatoms. The number of carbonyl (C=O) groups excluding carboxylic acids is 2. The number of ether oxygens (including phenoxy) is 1. The maximum atomic E-state index is 12.7. The number of nitrogens with zero attached hydrogens (tertiary/aromatic N) is 2. The number of rotatable bonds is 6. The van der Waals surface area contributed by atoms with E-state index in [0.717, 1.165) is 0 Å². The van der Waals surface area contributed by atoms with Crippen LogP contribution in [0.4, 0.5) is 5.69 Å². The molecule has 0 fully saturated rings. The smallest absolute Gasteiger partial charge is 0.327 e. The van der Waals surface area contributed by atoms with Crippen molar-refractivity contribution in [1.82, 2.24) is 0 Å². The van der Waals surface area contributed by atoms with Crippen LogP contribution in [-0.2, 0) is 9.53 Å². The van der Waals surface area contributed by atoms with Crippen LogP contribution in [-0.4, -0.2) is 23.3 Å². The Hall–Kier alpha value is -2.75. The van der Waals surface area contributed by atoms with Crippen molar-refractivity contribution in [1.29, 1.82) is 5.26 Å².